The van der Waals surface area contributed by atoms with Gasteiger partial charge >= 0.3 is 6.61 Å². The lowest BCUT2D eigenvalue weighted by atomic mass is 9.83. The maximum atomic E-state index is 12.5. The number of aromatic nitrogens is 2. The van der Waals surface area contributed by atoms with Gasteiger partial charge in [0.25, 0.3) is 5.22 Å². The third kappa shape index (κ3) is 5.44. The smallest absolute Gasteiger partial charge is 0.387 e. The van der Waals surface area contributed by atoms with Crippen molar-refractivity contribution in [2.75, 3.05) is 0 Å². The number of rotatable bonds is 7. The Morgan fingerprint density at radius 3 is 2.59 bits per heavy atom. The van der Waals surface area contributed by atoms with Crippen molar-refractivity contribution in [3.63, 3.8) is 0 Å². The number of halogens is 2. The van der Waals surface area contributed by atoms with Crippen LogP contribution in [0.5, 0.6) is 5.75 Å². The van der Waals surface area contributed by atoms with E-state index in [-0.39, 0.29) is 22.8 Å². The SMILES string of the molecule is CC(Sc1nnc(-c2ccc(OC(F)F)cc2)o1)C(=O)NC1(C#N)CCCCC1. The zero-order valence-corrected chi connectivity index (χ0v) is 16.5. The van der Waals surface area contributed by atoms with Crippen molar-refractivity contribution in [1.82, 2.24) is 15.5 Å². The topological polar surface area (TPSA) is 101 Å². The monoisotopic (exact) mass is 422 g/mol. The first-order valence-corrected chi connectivity index (χ1v) is 10.1. The lowest BCUT2D eigenvalue weighted by Crippen LogP contribution is -2.50. The molecule has 7 nitrogen and oxygen atoms in total. The Labute approximate surface area is 170 Å². The second kappa shape index (κ2) is 9.22. The highest BCUT2D eigenvalue weighted by atomic mass is 32.2. The quantitative estimate of drug-likeness (QED) is 0.669. The van der Waals surface area contributed by atoms with Gasteiger partial charge in [-0.05, 0) is 44.0 Å². The van der Waals surface area contributed by atoms with Gasteiger partial charge in [0.2, 0.25) is 11.8 Å². The highest BCUT2D eigenvalue weighted by Gasteiger charge is 2.35. The van der Waals surface area contributed by atoms with E-state index < -0.39 is 17.4 Å². The predicted octanol–water partition coefficient (Wildman–Crippen LogP) is 4.16. The molecule has 3 rings (SSSR count). The molecule has 1 atom stereocenters. The highest BCUT2D eigenvalue weighted by molar-refractivity contribution is 8.00. The summed E-state index contributed by atoms with van der Waals surface area (Å²) >= 11 is 1.09. The fourth-order valence-corrected chi connectivity index (χ4v) is 3.80. The van der Waals surface area contributed by atoms with Gasteiger partial charge in [0.1, 0.15) is 11.3 Å². The van der Waals surface area contributed by atoms with Crippen LogP contribution in [-0.4, -0.2) is 33.5 Å². The third-order valence-corrected chi connectivity index (χ3v) is 5.60. The zero-order valence-electron chi connectivity index (χ0n) is 15.7. The normalized spacial score (nSPS) is 16.8. The molecule has 0 bridgehead atoms. The molecule has 0 saturated heterocycles. The van der Waals surface area contributed by atoms with Gasteiger partial charge in [-0.25, -0.2) is 0 Å². The Bertz CT molecular complexity index is 876. The molecule has 0 spiro atoms. The molecule has 1 N–H and O–H groups in total. The summed E-state index contributed by atoms with van der Waals surface area (Å²) < 4.78 is 34.3. The van der Waals surface area contributed by atoms with Gasteiger partial charge in [-0.3, -0.25) is 4.79 Å². The van der Waals surface area contributed by atoms with E-state index in [1.165, 1.54) is 24.3 Å². The molecular weight excluding hydrogens is 402 g/mol. The van der Waals surface area contributed by atoms with E-state index in [2.05, 4.69) is 26.3 Å². The lowest BCUT2D eigenvalue weighted by Gasteiger charge is -2.32. The van der Waals surface area contributed by atoms with Crippen LogP contribution in [0.25, 0.3) is 11.5 Å². The summed E-state index contributed by atoms with van der Waals surface area (Å²) in [6.45, 7) is -1.19. The molecule has 1 unspecified atom stereocenters. The Balaban J connectivity index is 1.60. The summed E-state index contributed by atoms with van der Waals surface area (Å²) in [4.78, 5) is 12.5. The Hall–Kier alpha value is -2.67. The van der Waals surface area contributed by atoms with Gasteiger partial charge in [-0.2, -0.15) is 14.0 Å². The number of alkyl halides is 2. The average Bonchev–Trinajstić information content (AvgIpc) is 3.17. The molecule has 1 fully saturated rings. The number of carbonyl (C=O) groups is 1. The molecule has 0 radical (unpaired) electrons. The van der Waals surface area contributed by atoms with Crippen LogP contribution in [0.4, 0.5) is 8.78 Å². The minimum atomic E-state index is -2.89. The van der Waals surface area contributed by atoms with Crippen LogP contribution in [0.1, 0.15) is 39.0 Å². The van der Waals surface area contributed by atoms with Crippen molar-refractivity contribution in [2.24, 2.45) is 0 Å². The van der Waals surface area contributed by atoms with E-state index in [1.807, 2.05) is 0 Å². The van der Waals surface area contributed by atoms with E-state index in [0.717, 1.165) is 31.0 Å². The number of hydrogen-bond donors (Lipinski definition) is 1. The third-order valence-electron chi connectivity index (χ3n) is 4.66. The van der Waals surface area contributed by atoms with E-state index >= 15 is 0 Å². The largest absolute Gasteiger partial charge is 0.435 e. The maximum Gasteiger partial charge on any atom is 0.387 e. The van der Waals surface area contributed by atoms with Crippen molar-refractivity contribution >= 4 is 17.7 Å². The molecule has 0 aliphatic heterocycles. The van der Waals surface area contributed by atoms with Crippen molar-refractivity contribution < 1.29 is 22.7 Å². The first-order valence-electron chi connectivity index (χ1n) is 9.19. The van der Waals surface area contributed by atoms with Gasteiger partial charge in [0.15, 0.2) is 0 Å². The molecule has 1 aliphatic carbocycles. The zero-order chi connectivity index (χ0) is 20.9. The van der Waals surface area contributed by atoms with Gasteiger partial charge in [-0.1, -0.05) is 31.0 Å². The molecular formula is C19H20F2N4O3S. The summed E-state index contributed by atoms with van der Waals surface area (Å²) in [6.07, 6.45) is 4.22. The molecule has 2 aromatic rings. The van der Waals surface area contributed by atoms with Gasteiger partial charge in [0.05, 0.1) is 11.3 Å². The van der Waals surface area contributed by atoms with Gasteiger partial charge in [0, 0.05) is 5.56 Å². The van der Waals surface area contributed by atoms with E-state index in [4.69, 9.17) is 4.42 Å². The Kier molecular flexibility index (Phi) is 6.69. The number of nitriles is 1. The van der Waals surface area contributed by atoms with Crippen LogP contribution >= 0.6 is 11.8 Å². The molecule has 1 aromatic carbocycles. The van der Waals surface area contributed by atoms with Crippen LogP contribution in [0.15, 0.2) is 33.9 Å². The van der Waals surface area contributed by atoms with Crippen LogP contribution in [0, 0.1) is 11.3 Å². The predicted molar refractivity (Wildman–Crippen MR) is 101 cm³/mol. The minimum Gasteiger partial charge on any atom is -0.435 e. The number of nitrogens with one attached hydrogen (secondary N) is 1. The number of ether oxygens (including phenoxy) is 1. The lowest BCUT2D eigenvalue weighted by molar-refractivity contribution is -0.122. The summed E-state index contributed by atoms with van der Waals surface area (Å²) in [5, 5.41) is 19.9. The van der Waals surface area contributed by atoms with Crippen molar-refractivity contribution in [3.05, 3.63) is 24.3 Å². The average molecular weight is 422 g/mol. The van der Waals surface area contributed by atoms with Crippen molar-refractivity contribution in [3.8, 4) is 23.3 Å². The summed E-state index contributed by atoms with van der Waals surface area (Å²) in [6, 6.07) is 8.06. The number of thioether (sulfide) groups is 1. The van der Waals surface area contributed by atoms with E-state index in [0.29, 0.717) is 18.4 Å². The molecule has 1 heterocycles. The molecule has 29 heavy (non-hydrogen) atoms. The number of hydrogen-bond acceptors (Lipinski definition) is 7. The molecule has 1 amide bonds. The van der Waals surface area contributed by atoms with Crippen molar-refractivity contribution in [2.45, 2.75) is 61.7 Å². The Morgan fingerprint density at radius 2 is 1.97 bits per heavy atom. The minimum absolute atomic E-state index is 0.0253. The molecule has 10 heteroatoms. The number of nitrogens with zero attached hydrogens (tertiary/aromatic N) is 3. The highest BCUT2D eigenvalue weighted by Crippen LogP contribution is 2.30. The fourth-order valence-electron chi connectivity index (χ4n) is 3.12. The summed E-state index contributed by atoms with van der Waals surface area (Å²) in [5.74, 6) is -0.0338. The number of benzene rings is 1. The van der Waals surface area contributed by atoms with Crippen LogP contribution in [-0.2, 0) is 4.79 Å². The molecule has 154 valence electrons. The molecule has 1 saturated carbocycles. The standard InChI is InChI=1S/C19H20F2N4O3S/c1-12(15(26)23-19(11-22)9-3-2-4-10-19)29-18-25-24-16(28-18)13-5-7-14(8-6-13)27-17(20)21/h5-8,12,17H,2-4,9-10H2,1H3,(H,23,26). The van der Waals surface area contributed by atoms with Crippen LogP contribution in [0.3, 0.4) is 0 Å². The summed E-state index contributed by atoms with van der Waals surface area (Å²) in [7, 11) is 0. The second-order valence-corrected chi connectivity index (χ2v) is 8.07. The van der Waals surface area contributed by atoms with Crippen molar-refractivity contribution in [1.29, 1.82) is 5.26 Å². The first kappa shape index (κ1) is 21.0. The summed E-state index contributed by atoms with van der Waals surface area (Å²) in [5.41, 5.74) is -0.264. The fraction of sp³-hybridized carbons (Fsp3) is 0.474. The molecule has 1 aromatic heterocycles. The van der Waals surface area contributed by atoms with Gasteiger partial charge in [-0.15, -0.1) is 10.2 Å². The van der Waals surface area contributed by atoms with Crippen LogP contribution < -0.4 is 10.1 Å². The number of amides is 1. The van der Waals surface area contributed by atoms with Crippen LogP contribution in [0.2, 0.25) is 0 Å². The first-order chi connectivity index (χ1) is 13.9. The van der Waals surface area contributed by atoms with E-state index in [9.17, 15) is 18.8 Å². The second-order valence-electron chi connectivity index (χ2n) is 6.78. The maximum absolute atomic E-state index is 12.5. The molecule has 1 aliphatic rings. The van der Waals surface area contributed by atoms with Gasteiger partial charge < -0.3 is 14.5 Å². The Morgan fingerprint density at radius 1 is 1.28 bits per heavy atom. The number of carbonyl (C=O) groups excluding carboxylic acids is 1. The van der Waals surface area contributed by atoms with E-state index in [1.54, 1.807) is 6.92 Å².